The summed E-state index contributed by atoms with van der Waals surface area (Å²) in [5, 5.41) is 33.2. The van der Waals surface area contributed by atoms with E-state index in [9.17, 15) is 33.9 Å². The molecule has 0 fully saturated rings. The van der Waals surface area contributed by atoms with E-state index in [0.717, 1.165) is 6.92 Å². The fourth-order valence-corrected chi connectivity index (χ4v) is 2.02. The molecule has 14 nitrogen and oxygen atoms in total. The van der Waals surface area contributed by atoms with E-state index in [1.165, 1.54) is 6.92 Å². The number of carbonyl (C=O) groups is 6. The smallest absolute Gasteiger partial charge is 0.328 e. The van der Waals surface area contributed by atoms with Crippen molar-refractivity contribution < 1.29 is 44.1 Å². The summed E-state index contributed by atoms with van der Waals surface area (Å²) in [5.41, 5.74) is 10.4. The Labute approximate surface area is 165 Å². The number of aliphatic hydroxyl groups is 1. The van der Waals surface area contributed by atoms with Gasteiger partial charge in [-0.25, -0.2) is 4.79 Å². The molecule has 0 spiro atoms. The zero-order valence-electron chi connectivity index (χ0n) is 15.7. The van der Waals surface area contributed by atoms with Crippen LogP contribution in [0.5, 0.6) is 0 Å². The van der Waals surface area contributed by atoms with E-state index in [2.05, 4.69) is 10.6 Å². The Hall–Kier alpha value is -3.26. The molecule has 10 N–H and O–H groups in total. The van der Waals surface area contributed by atoms with Crippen LogP contribution in [0.1, 0.15) is 26.7 Å². The minimum absolute atomic E-state index is 0.670. The zero-order chi connectivity index (χ0) is 22.9. The molecule has 0 radical (unpaired) electrons. The first-order chi connectivity index (χ1) is 13.3. The number of carbonyl (C=O) groups excluding carboxylic acids is 4. The molecule has 0 aliphatic carbocycles. The van der Waals surface area contributed by atoms with Gasteiger partial charge in [0.15, 0.2) is 6.04 Å². The van der Waals surface area contributed by atoms with Crippen LogP contribution < -0.4 is 27.4 Å². The maximum Gasteiger partial charge on any atom is 0.328 e. The SMILES string of the molecule is CC(NC(=O)C(CC(N)=O)NC(=O)C(N)CC(=O)O)C(=O)NC(C(=O)O)C(C)O. The first-order valence-corrected chi connectivity index (χ1v) is 8.33. The highest BCUT2D eigenvalue weighted by Crippen LogP contribution is 1.99. The van der Waals surface area contributed by atoms with E-state index < -0.39 is 78.7 Å². The van der Waals surface area contributed by atoms with Gasteiger partial charge in [0.05, 0.1) is 25.0 Å². The molecule has 0 saturated carbocycles. The fraction of sp³-hybridized carbons (Fsp3) is 0.600. The molecule has 0 aromatic carbocycles. The van der Waals surface area contributed by atoms with Crippen LogP contribution in [0.2, 0.25) is 0 Å². The molecule has 0 rings (SSSR count). The second kappa shape index (κ2) is 11.6. The predicted octanol–water partition coefficient (Wildman–Crippen LogP) is -4.40. The van der Waals surface area contributed by atoms with Crippen molar-refractivity contribution in [3.05, 3.63) is 0 Å². The Morgan fingerprint density at radius 1 is 0.862 bits per heavy atom. The highest BCUT2D eigenvalue weighted by molar-refractivity contribution is 5.96. The van der Waals surface area contributed by atoms with Crippen LogP contribution >= 0.6 is 0 Å². The number of aliphatic carboxylic acids is 2. The lowest BCUT2D eigenvalue weighted by Crippen LogP contribution is -2.58. The number of carboxylic acid groups (broad SMARTS) is 2. The summed E-state index contributed by atoms with van der Waals surface area (Å²) < 4.78 is 0. The van der Waals surface area contributed by atoms with Crippen LogP contribution in [0.3, 0.4) is 0 Å². The van der Waals surface area contributed by atoms with Gasteiger partial charge in [-0.05, 0) is 13.8 Å². The fourth-order valence-electron chi connectivity index (χ4n) is 2.02. The molecule has 4 amide bonds. The van der Waals surface area contributed by atoms with Crippen molar-refractivity contribution in [2.75, 3.05) is 0 Å². The molecular weight excluding hydrogens is 394 g/mol. The summed E-state index contributed by atoms with van der Waals surface area (Å²) in [7, 11) is 0. The molecule has 0 aliphatic heterocycles. The Kier molecular flexibility index (Phi) is 10.3. The summed E-state index contributed by atoms with van der Waals surface area (Å²) in [5.74, 6) is -6.86. The van der Waals surface area contributed by atoms with Crippen LogP contribution in [0.25, 0.3) is 0 Å². The number of primary amides is 1. The summed E-state index contributed by atoms with van der Waals surface area (Å²) in [6.07, 6.45) is -2.82. The van der Waals surface area contributed by atoms with E-state index in [4.69, 9.17) is 21.7 Å². The van der Waals surface area contributed by atoms with Crippen molar-refractivity contribution in [3.8, 4) is 0 Å². The van der Waals surface area contributed by atoms with Crippen molar-refractivity contribution in [1.82, 2.24) is 16.0 Å². The third kappa shape index (κ3) is 9.48. The predicted molar refractivity (Wildman–Crippen MR) is 94.8 cm³/mol. The molecule has 5 atom stereocenters. The van der Waals surface area contributed by atoms with Gasteiger partial charge in [0.2, 0.25) is 23.6 Å². The Balaban J connectivity index is 5.10. The van der Waals surface area contributed by atoms with Crippen LogP contribution in [-0.4, -0.2) is 81.2 Å². The maximum absolute atomic E-state index is 12.3. The number of hydrogen-bond donors (Lipinski definition) is 8. The molecule has 5 unspecified atom stereocenters. The minimum atomic E-state index is -1.63. The topological polar surface area (TPSA) is 251 Å². The van der Waals surface area contributed by atoms with Gasteiger partial charge in [-0.3, -0.25) is 24.0 Å². The molecular formula is C15H25N5O9. The van der Waals surface area contributed by atoms with Gasteiger partial charge in [-0.1, -0.05) is 0 Å². The van der Waals surface area contributed by atoms with Gasteiger partial charge in [0.1, 0.15) is 12.1 Å². The number of amides is 4. The summed E-state index contributed by atoms with van der Waals surface area (Å²) >= 11 is 0. The highest BCUT2D eigenvalue weighted by Gasteiger charge is 2.30. The van der Waals surface area contributed by atoms with E-state index in [1.807, 2.05) is 5.32 Å². The van der Waals surface area contributed by atoms with E-state index >= 15 is 0 Å². The molecule has 29 heavy (non-hydrogen) atoms. The van der Waals surface area contributed by atoms with Crippen molar-refractivity contribution in [2.24, 2.45) is 11.5 Å². The van der Waals surface area contributed by atoms with Gasteiger partial charge in [-0.2, -0.15) is 0 Å². The molecule has 164 valence electrons. The highest BCUT2D eigenvalue weighted by atomic mass is 16.4. The maximum atomic E-state index is 12.3. The summed E-state index contributed by atoms with van der Waals surface area (Å²) in [6, 6.07) is -6.00. The monoisotopic (exact) mass is 419 g/mol. The lowest BCUT2D eigenvalue weighted by atomic mass is 10.1. The lowest BCUT2D eigenvalue weighted by molar-refractivity contribution is -0.145. The molecule has 0 heterocycles. The third-order valence-electron chi connectivity index (χ3n) is 3.57. The lowest BCUT2D eigenvalue weighted by Gasteiger charge is -2.23. The van der Waals surface area contributed by atoms with Crippen LogP contribution in [0.4, 0.5) is 0 Å². The average Bonchev–Trinajstić information content (AvgIpc) is 2.56. The van der Waals surface area contributed by atoms with Crippen LogP contribution in [0, 0.1) is 0 Å². The van der Waals surface area contributed by atoms with Crippen molar-refractivity contribution in [3.63, 3.8) is 0 Å². The van der Waals surface area contributed by atoms with Gasteiger partial charge in [0, 0.05) is 0 Å². The Bertz CT molecular complexity index is 667. The van der Waals surface area contributed by atoms with Gasteiger partial charge in [0.25, 0.3) is 0 Å². The van der Waals surface area contributed by atoms with Crippen molar-refractivity contribution >= 4 is 35.6 Å². The largest absolute Gasteiger partial charge is 0.481 e. The van der Waals surface area contributed by atoms with Crippen LogP contribution in [0.15, 0.2) is 0 Å². The van der Waals surface area contributed by atoms with Gasteiger partial charge >= 0.3 is 11.9 Å². The normalized spacial score (nSPS) is 15.7. The first-order valence-electron chi connectivity index (χ1n) is 8.33. The third-order valence-corrected chi connectivity index (χ3v) is 3.57. The molecule has 0 aromatic heterocycles. The molecule has 0 aromatic rings. The van der Waals surface area contributed by atoms with E-state index in [1.54, 1.807) is 0 Å². The van der Waals surface area contributed by atoms with Gasteiger partial charge < -0.3 is 42.7 Å². The summed E-state index contributed by atoms with van der Waals surface area (Å²) in [6.45, 7) is 2.33. The second-order valence-corrected chi connectivity index (χ2v) is 6.23. The molecule has 14 heteroatoms. The first kappa shape index (κ1) is 25.7. The number of carboxylic acids is 2. The van der Waals surface area contributed by atoms with Crippen LogP contribution in [-0.2, 0) is 28.8 Å². The molecule has 0 bridgehead atoms. The van der Waals surface area contributed by atoms with Gasteiger partial charge in [-0.15, -0.1) is 0 Å². The second-order valence-electron chi connectivity index (χ2n) is 6.23. The average molecular weight is 419 g/mol. The summed E-state index contributed by atoms with van der Waals surface area (Å²) in [4.78, 5) is 69.0. The van der Waals surface area contributed by atoms with Crippen molar-refractivity contribution in [1.29, 1.82) is 0 Å². The zero-order valence-corrected chi connectivity index (χ0v) is 15.7. The van der Waals surface area contributed by atoms with Crippen molar-refractivity contribution in [2.45, 2.75) is 57.0 Å². The number of aliphatic hydroxyl groups excluding tert-OH is 1. The van der Waals surface area contributed by atoms with E-state index in [0.29, 0.717) is 0 Å². The standard InChI is InChI=1S/C15H25N5O9/c1-5(12(25)20-11(6(2)21)15(28)29)18-14(27)8(4-9(17)22)19-13(26)7(16)3-10(23)24/h5-8,11,21H,3-4,16H2,1-2H3,(H2,17,22)(H,18,27)(H,19,26)(H,20,25)(H,23,24)(H,28,29). The number of hydrogen-bond acceptors (Lipinski definition) is 8. The van der Waals surface area contributed by atoms with E-state index in [-0.39, 0.29) is 0 Å². The number of rotatable bonds is 12. The molecule has 0 aliphatic rings. The number of nitrogens with one attached hydrogen (secondary N) is 3. The Morgan fingerprint density at radius 3 is 1.83 bits per heavy atom. The quantitative estimate of drug-likeness (QED) is 0.151. The minimum Gasteiger partial charge on any atom is -0.481 e. The Morgan fingerprint density at radius 2 is 1.41 bits per heavy atom. The number of nitrogens with two attached hydrogens (primary N) is 2. The molecule has 0 saturated heterocycles.